The van der Waals surface area contributed by atoms with Crippen molar-refractivity contribution in [3.63, 3.8) is 0 Å². The Balaban J connectivity index is 2.18. The van der Waals surface area contributed by atoms with E-state index in [1.54, 1.807) is 0 Å². The van der Waals surface area contributed by atoms with E-state index in [4.69, 9.17) is 14.2 Å². The molecular formula is C35H61NO9. The summed E-state index contributed by atoms with van der Waals surface area (Å²) in [7, 11) is 1.52. The van der Waals surface area contributed by atoms with Crippen LogP contribution in [0.2, 0.25) is 0 Å². The number of esters is 1. The molecule has 2 rings (SSSR count). The maximum Gasteiger partial charge on any atom is 0.309 e. The Bertz CT molecular complexity index is 927. The highest BCUT2D eigenvalue weighted by molar-refractivity contribution is 5.84. The molecule has 2 aliphatic rings. The third-order valence-electron chi connectivity index (χ3n) is 9.34. The molecular weight excluding hydrogens is 578 g/mol. The molecule has 0 aromatic rings. The van der Waals surface area contributed by atoms with Gasteiger partial charge in [0, 0.05) is 32.9 Å². The number of cyclic esters (lactones) is 1. The minimum absolute atomic E-state index is 0.0388. The van der Waals surface area contributed by atoms with Gasteiger partial charge in [-0.2, -0.15) is 0 Å². The second kappa shape index (κ2) is 20.4. The second-order valence-corrected chi connectivity index (χ2v) is 13.6. The third-order valence-corrected chi connectivity index (χ3v) is 9.34. The first-order valence-corrected chi connectivity index (χ1v) is 17.3. The van der Waals surface area contributed by atoms with Gasteiger partial charge in [0.05, 0.1) is 30.8 Å². The maximum absolute atomic E-state index is 12.9. The van der Waals surface area contributed by atoms with Crippen molar-refractivity contribution in [3.8, 4) is 0 Å². The van der Waals surface area contributed by atoms with Crippen molar-refractivity contribution in [3.05, 3.63) is 12.2 Å². The minimum Gasteiger partial charge on any atom is -0.452 e. The van der Waals surface area contributed by atoms with Crippen LogP contribution in [0.1, 0.15) is 118 Å². The first kappa shape index (κ1) is 39.3. The molecule has 45 heavy (non-hydrogen) atoms. The van der Waals surface area contributed by atoms with Crippen molar-refractivity contribution >= 4 is 17.7 Å². The van der Waals surface area contributed by atoms with E-state index >= 15 is 0 Å². The summed E-state index contributed by atoms with van der Waals surface area (Å²) >= 11 is 0. The fourth-order valence-corrected chi connectivity index (χ4v) is 6.45. The monoisotopic (exact) mass is 639 g/mol. The number of rotatable bonds is 5. The number of nitrogens with one attached hydrogen (secondary N) is 1. The summed E-state index contributed by atoms with van der Waals surface area (Å²) in [6.07, 6.45) is 8.11. The van der Waals surface area contributed by atoms with E-state index < -0.39 is 48.0 Å². The van der Waals surface area contributed by atoms with Gasteiger partial charge in [0.1, 0.15) is 17.5 Å². The minimum atomic E-state index is -1.26. The highest BCUT2D eigenvalue weighted by Crippen LogP contribution is 2.33. The number of β-amino-alcohol motifs (C(OH)–C–C–N with tert-alkyl or cyclic N) is 1. The van der Waals surface area contributed by atoms with E-state index in [1.165, 1.54) is 7.11 Å². The van der Waals surface area contributed by atoms with E-state index in [0.29, 0.717) is 44.9 Å². The molecule has 4 N–H and O–H groups in total. The number of hydrogen-bond acceptors (Lipinski definition) is 9. The number of carbonyl (C=O) groups is 3. The lowest BCUT2D eigenvalue weighted by molar-refractivity contribution is -0.198. The smallest absolute Gasteiger partial charge is 0.309 e. The summed E-state index contributed by atoms with van der Waals surface area (Å²) in [5, 5.41) is 35.7. The highest BCUT2D eigenvalue weighted by Gasteiger charge is 2.44. The average Bonchev–Trinajstić information content (AvgIpc) is 2.99. The maximum atomic E-state index is 12.9. The van der Waals surface area contributed by atoms with Crippen LogP contribution in [0, 0.1) is 17.8 Å². The molecule has 1 saturated heterocycles. The number of hydrogen-bond donors (Lipinski definition) is 4. The van der Waals surface area contributed by atoms with Crippen LogP contribution in [0.15, 0.2) is 12.2 Å². The average molecular weight is 640 g/mol. The first-order chi connectivity index (χ1) is 21.4. The van der Waals surface area contributed by atoms with Crippen LogP contribution in [0.5, 0.6) is 0 Å². The predicted molar refractivity (Wildman–Crippen MR) is 172 cm³/mol. The Hall–Kier alpha value is -1.85. The Kier molecular flexibility index (Phi) is 17.8. The number of carbonyl (C=O) groups excluding carboxylic acids is 3. The van der Waals surface area contributed by atoms with Crippen LogP contribution >= 0.6 is 0 Å². The van der Waals surface area contributed by atoms with Crippen molar-refractivity contribution in [1.82, 2.24) is 5.32 Å². The molecule has 0 aromatic heterocycles. The SMILES string of the molecule is CCC[C@@H]1OC(=O)[C@@H](C)C[C@H](C)CCCCC(=O)CCC[C@@H](CC)/C=C/[C@H]2O[C@@H](CC[C@@]2(O)COC)[C@@H](O)C[C@H](O)CNC1=O. The number of ether oxygens (including phenoxy) is 3. The number of methoxy groups -OCH3 is 1. The van der Waals surface area contributed by atoms with Crippen molar-refractivity contribution in [1.29, 1.82) is 0 Å². The summed E-state index contributed by atoms with van der Waals surface area (Å²) in [5.41, 5.74) is -1.26. The Labute approximate surface area is 270 Å². The summed E-state index contributed by atoms with van der Waals surface area (Å²) in [4.78, 5) is 38.3. The lowest BCUT2D eigenvalue weighted by atomic mass is 9.84. The molecule has 1 amide bonds. The molecule has 1 fully saturated rings. The summed E-state index contributed by atoms with van der Waals surface area (Å²) in [5.74, 6) is -0.491. The molecule has 0 unspecified atom stereocenters. The van der Waals surface area contributed by atoms with E-state index in [0.717, 1.165) is 38.5 Å². The van der Waals surface area contributed by atoms with E-state index in [2.05, 4.69) is 19.2 Å². The van der Waals surface area contributed by atoms with Crippen LogP contribution in [0.4, 0.5) is 0 Å². The topological polar surface area (TPSA) is 152 Å². The molecule has 9 atom stereocenters. The van der Waals surface area contributed by atoms with Gasteiger partial charge in [-0.05, 0) is 63.2 Å². The van der Waals surface area contributed by atoms with E-state index in [9.17, 15) is 29.7 Å². The molecule has 10 heteroatoms. The number of aliphatic hydroxyl groups excluding tert-OH is 2. The zero-order valence-corrected chi connectivity index (χ0v) is 28.4. The van der Waals surface area contributed by atoms with Gasteiger partial charge in [0.2, 0.25) is 0 Å². The normalized spacial score (nSPS) is 36.9. The van der Waals surface area contributed by atoms with E-state index in [1.807, 2.05) is 26.0 Å². The van der Waals surface area contributed by atoms with Crippen LogP contribution in [-0.4, -0.2) is 89.4 Å². The Morgan fingerprint density at radius 3 is 2.42 bits per heavy atom. The predicted octanol–water partition coefficient (Wildman–Crippen LogP) is 4.41. The molecule has 0 saturated carbocycles. The van der Waals surface area contributed by atoms with Gasteiger partial charge in [-0.1, -0.05) is 59.1 Å². The Morgan fingerprint density at radius 1 is 1.00 bits per heavy atom. The first-order valence-electron chi connectivity index (χ1n) is 17.3. The van der Waals surface area contributed by atoms with Crippen LogP contribution in [0.3, 0.4) is 0 Å². The molecule has 10 nitrogen and oxygen atoms in total. The van der Waals surface area contributed by atoms with E-state index in [-0.39, 0.29) is 43.1 Å². The van der Waals surface area contributed by atoms with Crippen LogP contribution in [-0.2, 0) is 28.6 Å². The second-order valence-electron chi connectivity index (χ2n) is 13.6. The van der Waals surface area contributed by atoms with Crippen molar-refractivity contribution in [2.24, 2.45) is 17.8 Å². The zero-order valence-electron chi connectivity index (χ0n) is 28.4. The standard InChI is InChI=1S/C35H61NO9/c1-6-11-31-33(40)36-22-28(38)21-29(39)30-18-19-35(42,23-43-5)32(44-30)17-16-26(7-2)13-10-15-27(37)14-9-8-12-24(3)20-25(4)34(41)45-31/h16-17,24-26,28-32,38-39,42H,6-15,18-23H2,1-5H3,(H,36,40)/b17-16+/t24-,25+,26-,28+,29+,30+,31+,32-,35-/m1/s1. The quantitative estimate of drug-likeness (QED) is 0.253. The molecule has 2 bridgehead atoms. The Morgan fingerprint density at radius 2 is 1.73 bits per heavy atom. The number of ketones is 1. The lowest BCUT2D eigenvalue weighted by Gasteiger charge is -2.43. The molecule has 0 aliphatic carbocycles. The molecule has 0 radical (unpaired) electrons. The zero-order chi connectivity index (χ0) is 33.4. The van der Waals surface area contributed by atoms with Crippen molar-refractivity contribution < 1.29 is 43.9 Å². The van der Waals surface area contributed by atoms with Gasteiger partial charge in [-0.25, -0.2) is 0 Å². The fraction of sp³-hybridized carbons (Fsp3) is 0.857. The lowest BCUT2D eigenvalue weighted by Crippen LogP contribution is -2.54. The molecule has 0 aromatic carbocycles. The number of allylic oxidation sites excluding steroid dienone is 1. The molecule has 2 heterocycles. The van der Waals surface area contributed by atoms with Crippen molar-refractivity contribution in [2.45, 2.75) is 154 Å². The van der Waals surface area contributed by atoms with Gasteiger partial charge in [-0.15, -0.1) is 0 Å². The summed E-state index contributed by atoms with van der Waals surface area (Å²) in [6.45, 7) is 7.88. The molecule has 260 valence electrons. The van der Waals surface area contributed by atoms with Gasteiger partial charge < -0.3 is 34.8 Å². The third kappa shape index (κ3) is 13.8. The number of Topliss-reactive ketones (excluding diaryl/α,β-unsaturated/α-hetero) is 1. The van der Waals surface area contributed by atoms with Gasteiger partial charge >= 0.3 is 5.97 Å². The van der Waals surface area contributed by atoms with Crippen LogP contribution < -0.4 is 5.32 Å². The van der Waals surface area contributed by atoms with Crippen molar-refractivity contribution in [2.75, 3.05) is 20.3 Å². The van der Waals surface area contributed by atoms with Gasteiger partial charge in [-0.3, -0.25) is 14.4 Å². The van der Waals surface area contributed by atoms with Crippen LogP contribution in [0.25, 0.3) is 0 Å². The molecule has 2 aliphatic heterocycles. The largest absolute Gasteiger partial charge is 0.452 e. The van der Waals surface area contributed by atoms with Gasteiger partial charge in [0.15, 0.2) is 6.10 Å². The summed E-state index contributed by atoms with van der Waals surface area (Å²) in [6, 6.07) is 0. The molecule has 0 spiro atoms. The number of amides is 1. The van der Waals surface area contributed by atoms with Gasteiger partial charge in [0.25, 0.3) is 5.91 Å². The highest BCUT2D eigenvalue weighted by atomic mass is 16.6. The fourth-order valence-electron chi connectivity index (χ4n) is 6.45. The number of fused-ring (bicyclic) bond motifs is 2. The number of aliphatic hydroxyl groups is 3. The summed E-state index contributed by atoms with van der Waals surface area (Å²) < 4.78 is 17.1.